The summed E-state index contributed by atoms with van der Waals surface area (Å²) in [6.45, 7) is 4.30. The molecular weight excluding hydrogens is 348 g/mol. The van der Waals surface area contributed by atoms with E-state index in [9.17, 15) is 19.7 Å². The van der Waals surface area contributed by atoms with E-state index in [0.717, 1.165) is 35.7 Å². The first-order chi connectivity index (χ1) is 12.9. The molecule has 0 fully saturated rings. The average Bonchev–Trinajstić information content (AvgIpc) is 2.66. The molecule has 1 heterocycles. The minimum Gasteiger partial charge on any atom is -0.462 e. The van der Waals surface area contributed by atoms with Gasteiger partial charge in [-0.05, 0) is 44.4 Å². The average molecular weight is 368 g/mol. The minimum atomic E-state index is -0.690. The van der Waals surface area contributed by atoms with Crippen LogP contribution >= 0.6 is 0 Å². The van der Waals surface area contributed by atoms with Crippen LogP contribution in [-0.4, -0.2) is 30.0 Å². The molecule has 1 aliphatic heterocycles. The predicted molar refractivity (Wildman–Crippen MR) is 100 cm³/mol. The molecule has 0 N–H and O–H groups in total. The summed E-state index contributed by atoms with van der Waals surface area (Å²) in [5.74, 6) is -1.06. The van der Waals surface area contributed by atoms with Gasteiger partial charge in [-0.2, -0.15) is 0 Å². The molecule has 0 atom stereocenters. The van der Waals surface area contributed by atoms with Crippen molar-refractivity contribution < 1.29 is 19.2 Å². The fraction of sp³-hybridized carbons (Fsp3) is 0.300. The van der Waals surface area contributed by atoms with E-state index >= 15 is 0 Å². The van der Waals surface area contributed by atoms with Crippen molar-refractivity contribution in [3.05, 3.63) is 68.8 Å². The van der Waals surface area contributed by atoms with Crippen LogP contribution in [0.3, 0.4) is 0 Å². The SMILES string of the molecule is CCOC(=O)c1cc(C(=O)N2CCCc3cc(C)ccc32)cc([N+](=O)[O-])c1. The summed E-state index contributed by atoms with van der Waals surface area (Å²) in [5.41, 5.74) is 2.77. The number of hydrogen-bond acceptors (Lipinski definition) is 5. The van der Waals surface area contributed by atoms with Crippen molar-refractivity contribution in [1.82, 2.24) is 0 Å². The van der Waals surface area contributed by atoms with Gasteiger partial charge in [0, 0.05) is 29.9 Å². The van der Waals surface area contributed by atoms with Crippen LogP contribution in [0.2, 0.25) is 0 Å². The number of anilines is 1. The first-order valence-corrected chi connectivity index (χ1v) is 8.78. The first kappa shape index (κ1) is 18.6. The van der Waals surface area contributed by atoms with E-state index in [1.807, 2.05) is 25.1 Å². The van der Waals surface area contributed by atoms with Gasteiger partial charge in [0.15, 0.2) is 0 Å². The largest absolute Gasteiger partial charge is 0.462 e. The van der Waals surface area contributed by atoms with Gasteiger partial charge in [0.2, 0.25) is 0 Å². The highest BCUT2D eigenvalue weighted by Gasteiger charge is 2.26. The predicted octanol–water partition coefficient (Wildman–Crippen LogP) is 3.67. The number of hydrogen-bond donors (Lipinski definition) is 0. The van der Waals surface area contributed by atoms with Crippen molar-refractivity contribution >= 4 is 23.3 Å². The molecule has 3 rings (SSSR count). The van der Waals surface area contributed by atoms with Gasteiger partial charge in [0.1, 0.15) is 0 Å². The molecule has 2 aromatic rings. The van der Waals surface area contributed by atoms with E-state index in [0.29, 0.717) is 6.54 Å². The number of amides is 1. The number of nitro benzene ring substituents is 1. The van der Waals surface area contributed by atoms with Crippen LogP contribution in [0, 0.1) is 17.0 Å². The number of ether oxygens (including phenoxy) is 1. The number of rotatable bonds is 4. The maximum absolute atomic E-state index is 13.1. The minimum absolute atomic E-state index is 0.00413. The lowest BCUT2D eigenvalue weighted by atomic mass is 9.98. The molecule has 27 heavy (non-hydrogen) atoms. The monoisotopic (exact) mass is 368 g/mol. The Labute approximate surface area is 156 Å². The van der Waals surface area contributed by atoms with Gasteiger partial charge in [-0.1, -0.05) is 17.7 Å². The third-order valence-electron chi connectivity index (χ3n) is 4.49. The Balaban J connectivity index is 2.02. The maximum atomic E-state index is 13.1. The Bertz CT molecular complexity index is 923. The summed E-state index contributed by atoms with van der Waals surface area (Å²) < 4.78 is 4.93. The molecule has 0 unspecified atom stereocenters. The number of carbonyl (C=O) groups is 2. The van der Waals surface area contributed by atoms with Crippen LogP contribution < -0.4 is 4.90 Å². The molecule has 2 aromatic carbocycles. The van der Waals surface area contributed by atoms with E-state index in [2.05, 4.69) is 0 Å². The molecule has 140 valence electrons. The topological polar surface area (TPSA) is 89.8 Å². The number of nitro groups is 1. The van der Waals surface area contributed by atoms with Gasteiger partial charge in [-0.3, -0.25) is 14.9 Å². The van der Waals surface area contributed by atoms with Crippen molar-refractivity contribution in [2.75, 3.05) is 18.1 Å². The summed E-state index contributed by atoms with van der Waals surface area (Å²) in [6, 6.07) is 9.56. The third kappa shape index (κ3) is 3.81. The molecule has 1 amide bonds. The van der Waals surface area contributed by atoms with Gasteiger partial charge >= 0.3 is 5.97 Å². The van der Waals surface area contributed by atoms with Crippen LogP contribution in [-0.2, 0) is 11.2 Å². The maximum Gasteiger partial charge on any atom is 0.338 e. The first-order valence-electron chi connectivity index (χ1n) is 8.78. The summed E-state index contributed by atoms with van der Waals surface area (Å²) in [7, 11) is 0. The van der Waals surface area contributed by atoms with Crippen molar-refractivity contribution in [1.29, 1.82) is 0 Å². The number of benzene rings is 2. The zero-order valence-corrected chi connectivity index (χ0v) is 15.2. The van der Waals surface area contributed by atoms with Gasteiger partial charge < -0.3 is 9.64 Å². The highest BCUT2D eigenvalue weighted by molar-refractivity contribution is 6.08. The van der Waals surface area contributed by atoms with Gasteiger partial charge in [0.05, 0.1) is 17.1 Å². The second-order valence-electron chi connectivity index (χ2n) is 6.44. The Hall–Kier alpha value is -3.22. The number of aryl methyl sites for hydroxylation is 2. The smallest absolute Gasteiger partial charge is 0.338 e. The van der Waals surface area contributed by atoms with E-state index < -0.39 is 10.9 Å². The molecule has 0 radical (unpaired) electrons. The van der Waals surface area contributed by atoms with Crippen molar-refractivity contribution in [2.45, 2.75) is 26.7 Å². The number of nitrogens with zero attached hydrogens (tertiary/aromatic N) is 2. The van der Waals surface area contributed by atoms with Gasteiger partial charge in [0.25, 0.3) is 11.6 Å². The Morgan fingerprint density at radius 2 is 1.93 bits per heavy atom. The normalized spacial score (nSPS) is 13.0. The third-order valence-corrected chi connectivity index (χ3v) is 4.49. The van der Waals surface area contributed by atoms with Crippen LogP contribution in [0.25, 0.3) is 0 Å². The number of esters is 1. The molecule has 1 aliphatic rings. The van der Waals surface area contributed by atoms with Gasteiger partial charge in [-0.15, -0.1) is 0 Å². The summed E-state index contributed by atoms with van der Waals surface area (Å²) >= 11 is 0. The van der Waals surface area contributed by atoms with Crippen LogP contribution in [0.15, 0.2) is 36.4 Å². The Morgan fingerprint density at radius 3 is 2.63 bits per heavy atom. The molecule has 7 nitrogen and oxygen atoms in total. The second kappa shape index (κ2) is 7.57. The fourth-order valence-electron chi connectivity index (χ4n) is 3.27. The number of non-ortho nitro benzene ring substituents is 1. The molecule has 0 spiro atoms. The molecular formula is C20H20N2O5. The lowest BCUT2D eigenvalue weighted by Crippen LogP contribution is -2.35. The fourth-order valence-corrected chi connectivity index (χ4v) is 3.27. The molecule has 7 heteroatoms. The lowest BCUT2D eigenvalue weighted by Gasteiger charge is -2.30. The lowest BCUT2D eigenvalue weighted by molar-refractivity contribution is -0.384. The van der Waals surface area contributed by atoms with E-state index in [1.54, 1.807) is 11.8 Å². The summed E-state index contributed by atoms with van der Waals surface area (Å²) in [6.07, 6.45) is 1.69. The highest BCUT2D eigenvalue weighted by Crippen LogP contribution is 2.30. The van der Waals surface area contributed by atoms with Gasteiger partial charge in [-0.25, -0.2) is 4.79 Å². The van der Waals surface area contributed by atoms with Crippen LogP contribution in [0.1, 0.15) is 45.2 Å². The zero-order chi connectivity index (χ0) is 19.6. The zero-order valence-electron chi connectivity index (χ0n) is 15.2. The molecule has 0 bridgehead atoms. The van der Waals surface area contributed by atoms with E-state index in [1.165, 1.54) is 12.1 Å². The van der Waals surface area contributed by atoms with Crippen molar-refractivity contribution in [3.8, 4) is 0 Å². The molecule has 0 saturated carbocycles. The molecule has 0 aliphatic carbocycles. The Morgan fingerprint density at radius 1 is 1.19 bits per heavy atom. The second-order valence-corrected chi connectivity index (χ2v) is 6.44. The standard InChI is InChI=1S/C20H20N2O5/c1-3-27-20(24)16-10-15(11-17(12-16)22(25)26)19(23)21-8-4-5-14-9-13(2)6-7-18(14)21/h6-7,9-12H,3-5,8H2,1-2H3. The van der Waals surface area contributed by atoms with E-state index in [-0.39, 0.29) is 29.3 Å². The van der Waals surface area contributed by atoms with Crippen molar-refractivity contribution in [3.63, 3.8) is 0 Å². The summed E-state index contributed by atoms with van der Waals surface area (Å²) in [4.78, 5) is 37.4. The van der Waals surface area contributed by atoms with Crippen LogP contribution in [0.4, 0.5) is 11.4 Å². The quantitative estimate of drug-likeness (QED) is 0.467. The summed E-state index contributed by atoms with van der Waals surface area (Å²) in [5, 5.41) is 11.2. The van der Waals surface area contributed by atoms with Crippen LogP contribution in [0.5, 0.6) is 0 Å². The van der Waals surface area contributed by atoms with Crippen molar-refractivity contribution in [2.24, 2.45) is 0 Å². The molecule has 0 aromatic heterocycles. The number of carbonyl (C=O) groups excluding carboxylic acids is 2. The van der Waals surface area contributed by atoms with E-state index in [4.69, 9.17) is 4.74 Å². The Kier molecular flexibility index (Phi) is 5.21. The molecule has 0 saturated heterocycles. The highest BCUT2D eigenvalue weighted by atomic mass is 16.6. The number of fused-ring (bicyclic) bond motifs is 1.